The van der Waals surface area contributed by atoms with Crippen LogP contribution in [0.1, 0.15) is 63.7 Å². The van der Waals surface area contributed by atoms with Gasteiger partial charge in [0.2, 0.25) is 0 Å². The average Bonchev–Trinajstić information content (AvgIpc) is 2.91. The largest absolute Gasteiger partial charge is 0.360 e. The van der Waals surface area contributed by atoms with Crippen LogP contribution in [0.5, 0.6) is 0 Å². The molecule has 0 radical (unpaired) electrons. The Balaban J connectivity index is 1.91. The van der Waals surface area contributed by atoms with Crippen LogP contribution in [0.4, 0.5) is 0 Å². The zero-order valence-electron chi connectivity index (χ0n) is 13.3. The molecule has 0 atom stereocenters. The van der Waals surface area contributed by atoms with Crippen LogP contribution in [0.3, 0.4) is 0 Å². The summed E-state index contributed by atoms with van der Waals surface area (Å²) in [7, 11) is 0. The topological polar surface area (TPSA) is 15.3 Å². The smallest absolute Gasteiger partial charge is 0.169 e. The molecule has 21 heavy (non-hydrogen) atoms. The van der Waals surface area contributed by atoms with Crippen LogP contribution in [-0.2, 0) is 6.54 Å². The molecule has 0 aliphatic heterocycles. The molecule has 0 aromatic carbocycles. The molecule has 118 valence electrons. The first-order valence-corrected chi connectivity index (χ1v) is 9.55. The van der Waals surface area contributed by atoms with Gasteiger partial charge in [-0.2, -0.15) is 0 Å². The van der Waals surface area contributed by atoms with Crippen LogP contribution in [0.2, 0.25) is 0 Å². The molecule has 1 aromatic rings. The minimum Gasteiger partial charge on any atom is -0.360 e. The van der Waals surface area contributed by atoms with E-state index >= 15 is 0 Å². The second kappa shape index (κ2) is 8.74. The van der Waals surface area contributed by atoms with E-state index in [2.05, 4.69) is 41.6 Å². The van der Waals surface area contributed by atoms with Crippen LogP contribution in [0.15, 0.2) is 17.5 Å². The predicted molar refractivity (Wildman–Crippen MR) is 96.8 cm³/mol. The summed E-state index contributed by atoms with van der Waals surface area (Å²) in [6.45, 7) is 5.37. The lowest BCUT2D eigenvalue weighted by atomic mass is 9.97. The Bertz CT molecular complexity index is 406. The van der Waals surface area contributed by atoms with E-state index < -0.39 is 0 Å². The second-order valence-corrected chi connectivity index (χ2v) is 7.71. The molecule has 1 heterocycles. The third-order valence-corrected chi connectivity index (χ3v) is 5.44. The summed E-state index contributed by atoms with van der Waals surface area (Å²) >= 11 is 7.51. The number of nitrogens with zero attached hydrogens (tertiary/aromatic N) is 1. The van der Waals surface area contributed by atoms with Gasteiger partial charge < -0.3 is 10.2 Å². The van der Waals surface area contributed by atoms with Crippen LogP contribution in [0, 0.1) is 0 Å². The molecule has 2 nitrogen and oxygen atoms in total. The Morgan fingerprint density at radius 2 is 1.95 bits per heavy atom. The van der Waals surface area contributed by atoms with E-state index in [0.29, 0.717) is 12.1 Å². The van der Waals surface area contributed by atoms with Crippen molar-refractivity contribution in [2.45, 2.75) is 77.4 Å². The molecule has 1 aliphatic carbocycles. The first-order chi connectivity index (χ1) is 10.2. The maximum Gasteiger partial charge on any atom is 0.169 e. The molecule has 0 spiro atoms. The molecule has 1 N–H and O–H groups in total. The van der Waals surface area contributed by atoms with E-state index in [9.17, 15) is 0 Å². The fourth-order valence-electron chi connectivity index (χ4n) is 2.92. The van der Waals surface area contributed by atoms with E-state index in [-0.39, 0.29) is 0 Å². The van der Waals surface area contributed by atoms with E-state index in [0.717, 1.165) is 11.7 Å². The first-order valence-electron chi connectivity index (χ1n) is 8.26. The van der Waals surface area contributed by atoms with Crippen molar-refractivity contribution in [2.75, 3.05) is 0 Å². The summed E-state index contributed by atoms with van der Waals surface area (Å²) in [5.74, 6) is 0. The Kier molecular flexibility index (Phi) is 6.97. The minimum atomic E-state index is 0.431. The van der Waals surface area contributed by atoms with Gasteiger partial charge in [0.25, 0.3) is 0 Å². The van der Waals surface area contributed by atoms with Gasteiger partial charge in [-0.15, -0.1) is 11.3 Å². The lowest BCUT2D eigenvalue weighted by Gasteiger charge is -2.32. The highest BCUT2D eigenvalue weighted by atomic mass is 32.1. The zero-order valence-corrected chi connectivity index (χ0v) is 14.9. The van der Waals surface area contributed by atoms with Crippen LogP contribution >= 0.6 is 23.6 Å². The molecule has 1 fully saturated rings. The molecule has 2 rings (SSSR count). The van der Waals surface area contributed by atoms with E-state index in [1.165, 1.54) is 49.8 Å². The van der Waals surface area contributed by atoms with E-state index in [1.54, 1.807) is 0 Å². The highest BCUT2D eigenvalue weighted by Gasteiger charge is 2.18. The monoisotopic (exact) mass is 324 g/mol. The highest BCUT2D eigenvalue weighted by molar-refractivity contribution is 7.80. The third kappa shape index (κ3) is 5.59. The van der Waals surface area contributed by atoms with Crippen molar-refractivity contribution in [2.24, 2.45) is 0 Å². The highest BCUT2D eigenvalue weighted by Crippen LogP contribution is 2.19. The summed E-state index contributed by atoms with van der Waals surface area (Å²) in [4.78, 5) is 3.70. The maximum absolute atomic E-state index is 5.70. The Morgan fingerprint density at radius 3 is 2.52 bits per heavy atom. The summed E-state index contributed by atoms with van der Waals surface area (Å²) in [6, 6.07) is 5.31. The van der Waals surface area contributed by atoms with Gasteiger partial charge in [0.15, 0.2) is 5.11 Å². The van der Waals surface area contributed by atoms with Gasteiger partial charge in [-0.1, -0.05) is 38.2 Å². The van der Waals surface area contributed by atoms with Gasteiger partial charge in [0.1, 0.15) is 0 Å². The van der Waals surface area contributed by atoms with E-state index in [1.807, 2.05) is 11.3 Å². The second-order valence-electron chi connectivity index (χ2n) is 6.29. The summed E-state index contributed by atoms with van der Waals surface area (Å²) < 4.78 is 0. The average molecular weight is 325 g/mol. The number of thiocarbonyl (C=S) groups is 1. The fourth-order valence-corrected chi connectivity index (χ4v) is 4.06. The van der Waals surface area contributed by atoms with Crippen LogP contribution in [0.25, 0.3) is 0 Å². The quantitative estimate of drug-likeness (QED) is 0.789. The number of thiophene rings is 1. The Hall–Kier alpha value is -0.610. The van der Waals surface area contributed by atoms with E-state index in [4.69, 9.17) is 12.2 Å². The lowest BCUT2D eigenvalue weighted by Crippen LogP contribution is -2.47. The molecule has 1 aliphatic rings. The standard InChI is InChI=1S/C17H28N2S2/c1-14(2)19(13-16-11-8-12-21-16)17(20)18-15-9-6-4-3-5-7-10-15/h8,11-12,14-15H,3-7,9-10,13H2,1-2H3,(H,18,20). The molecular formula is C17H28N2S2. The lowest BCUT2D eigenvalue weighted by molar-refractivity contribution is 0.327. The number of nitrogens with one attached hydrogen (secondary N) is 1. The molecule has 0 amide bonds. The maximum atomic E-state index is 5.70. The van der Waals surface area contributed by atoms with Gasteiger partial charge in [-0.3, -0.25) is 0 Å². The molecular weight excluding hydrogens is 296 g/mol. The zero-order chi connectivity index (χ0) is 15.1. The molecule has 0 bridgehead atoms. The normalized spacial score (nSPS) is 17.3. The Morgan fingerprint density at radius 1 is 1.29 bits per heavy atom. The van der Waals surface area contributed by atoms with Crippen LogP contribution in [-0.4, -0.2) is 22.1 Å². The van der Waals surface area contributed by atoms with Gasteiger partial charge in [0.05, 0.1) is 6.54 Å². The number of hydrogen-bond acceptors (Lipinski definition) is 2. The van der Waals surface area contributed by atoms with Gasteiger partial charge >= 0.3 is 0 Å². The van der Waals surface area contributed by atoms with Crippen LogP contribution < -0.4 is 5.32 Å². The summed E-state index contributed by atoms with van der Waals surface area (Å²) in [5, 5.41) is 6.71. The predicted octanol–water partition coefficient (Wildman–Crippen LogP) is 4.95. The number of rotatable bonds is 4. The molecule has 0 saturated heterocycles. The van der Waals surface area contributed by atoms with Crippen molar-refractivity contribution in [3.05, 3.63) is 22.4 Å². The summed E-state index contributed by atoms with van der Waals surface area (Å²) in [5.41, 5.74) is 0. The third-order valence-electron chi connectivity index (χ3n) is 4.22. The molecule has 0 unspecified atom stereocenters. The van der Waals surface area contributed by atoms with Gasteiger partial charge in [-0.05, 0) is 50.4 Å². The van der Waals surface area contributed by atoms with Gasteiger partial charge in [-0.25, -0.2) is 0 Å². The van der Waals surface area contributed by atoms with Gasteiger partial charge in [0, 0.05) is 17.0 Å². The minimum absolute atomic E-state index is 0.431. The summed E-state index contributed by atoms with van der Waals surface area (Å²) in [6.07, 6.45) is 9.39. The van der Waals surface area contributed by atoms with Crippen molar-refractivity contribution in [3.63, 3.8) is 0 Å². The first kappa shape index (κ1) is 16.8. The Labute approximate surface area is 138 Å². The number of hydrogen-bond donors (Lipinski definition) is 1. The van der Waals surface area contributed by atoms with Crippen molar-refractivity contribution in [3.8, 4) is 0 Å². The molecule has 1 aromatic heterocycles. The molecule has 4 heteroatoms. The van der Waals surface area contributed by atoms with Crippen molar-refractivity contribution < 1.29 is 0 Å². The molecule has 1 saturated carbocycles. The van der Waals surface area contributed by atoms with Crippen molar-refractivity contribution >= 4 is 28.7 Å². The fraction of sp³-hybridized carbons (Fsp3) is 0.706. The van der Waals surface area contributed by atoms with Crippen molar-refractivity contribution in [1.29, 1.82) is 0 Å². The van der Waals surface area contributed by atoms with Crippen molar-refractivity contribution in [1.82, 2.24) is 10.2 Å². The SMILES string of the molecule is CC(C)N(Cc1cccs1)C(=S)NC1CCCCCCC1.